The van der Waals surface area contributed by atoms with E-state index in [2.05, 4.69) is 33.0 Å². The minimum atomic E-state index is -0.117. The summed E-state index contributed by atoms with van der Waals surface area (Å²) in [6.07, 6.45) is 12.0. The summed E-state index contributed by atoms with van der Waals surface area (Å²) in [5, 5.41) is 25.5. The van der Waals surface area contributed by atoms with E-state index >= 15 is 0 Å². The van der Waals surface area contributed by atoms with Crippen LogP contribution in [0.4, 0.5) is 0 Å². The lowest BCUT2D eigenvalue weighted by molar-refractivity contribution is -0.130. The minimum absolute atomic E-state index is 0.0577. The third kappa shape index (κ3) is 3.24. The molecule has 3 heteroatoms. The molecule has 7 unspecified atom stereocenters. The van der Waals surface area contributed by atoms with Gasteiger partial charge in [0.2, 0.25) is 0 Å². The Labute approximate surface area is 184 Å². The SMILES string of the molecule is CC1CCC(C(C)C2C(O)C[C@H]3[C@@H]4CCC5CC(O)CC[C@]5(C)[C@H]4CC[C@]23C)NC1. The smallest absolute Gasteiger partial charge is 0.0579 e. The van der Waals surface area contributed by atoms with Crippen molar-refractivity contribution < 1.29 is 10.2 Å². The fraction of sp³-hybridized carbons (Fsp3) is 1.00. The molecule has 4 saturated carbocycles. The first kappa shape index (κ1) is 21.7. The molecule has 30 heavy (non-hydrogen) atoms. The Morgan fingerprint density at radius 3 is 2.37 bits per heavy atom. The maximum Gasteiger partial charge on any atom is 0.0579 e. The molecule has 1 aliphatic heterocycles. The zero-order valence-corrected chi connectivity index (χ0v) is 19.9. The summed E-state index contributed by atoms with van der Waals surface area (Å²) in [5.74, 6) is 4.85. The van der Waals surface area contributed by atoms with Gasteiger partial charge in [-0.15, -0.1) is 0 Å². The van der Waals surface area contributed by atoms with Crippen molar-refractivity contribution in [2.24, 2.45) is 52.3 Å². The fourth-order valence-corrected chi connectivity index (χ4v) is 9.96. The van der Waals surface area contributed by atoms with Gasteiger partial charge >= 0.3 is 0 Å². The monoisotopic (exact) mass is 417 g/mol. The maximum atomic E-state index is 11.4. The first-order valence-electron chi connectivity index (χ1n) is 13.3. The van der Waals surface area contributed by atoms with Crippen molar-refractivity contribution in [3.05, 3.63) is 0 Å². The first-order chi connectivity index (χ1) is 14.2. The summed E-state index contributed by atoms with van der Waals surface area (Å²) in [4.78, 5) is 0. The van der Waals surface area contributed by atoms with Gasteiger partial charge in [0, 0.05) is 6.04 Å². The predicted molar refractivity (Wildman–Crippen MR) is 122 cm³/mol. The number of hydrogen-bond acceptors (Lipinski definition) is 3. The second-order valence-electron chi connectivity index (χ2n) is 13.0. The van der Waals surface area contributed by atoms with Gasteiger partial charge < -0.3 is 15.5 Å². The van der Waals surface area contributed by atoms with E-state index in [1.807, 2.05) is 0 Å². The van der Waals surface area contributed by atoms with E-state index in [0.717, 1.165) is 49.5 Å². The van der Waals surface area contributed by atoms with E-state index in [1.54, 1.807) is 0 Å². The average molecular weight is 418 g/mol. The molecule has 0 aromatic carbocycles. The van der Waals surface area contributed by atoms with E-state index in [4.69, 9.17) is 0 Å². The standard InChI is InChI=1S/C27H47NO2/c1-16-5-8-23(28-15-16)17(2)25-24(30)14-22-20-7-6-18-13-19(29)9-11-26(18,3)21(20)10-12-27(22,25)4/h16-25,28-30H,5-15H2,1-4H3/t16?,17?,18?,19?,20-,21+,22+,23?,24?,25?,26+,27+/m1/s1. The van der Waals surface area contributed by atoms with Crippen molar-refractivity contribution in [3.8, 4) is 0 Å². The maximum absolute atomic E-state index is 11.4. The van der Waals surface area contributed by atoms with Crippen LogP contribution in [0, 0.1) is 52.3 Å². The van der Waals surface area contributed by atoms with Crippen molar-refractivity contribution in [3.63, 3.8) is 0 Å². The summed E-state index contributed by atoms with van der Waals surface area (Å²) in [6.45, 7) is 11.1. The van der Waals surface area contributed by atoms with Crippen LogP contribution in [0.25, 0.3) is 0 Å². The van der Waals surface area contributed by atoms with Crippen LogP contribution in [-0.2, 0) is 0 Å². The molecule has 0 bridgehead atoms. The van der Waals surface area contributed by atoms with Gasteiger partial charge in [0.25, 0.3) is 0 Å². The van der Waals surface area contributed by atoms with Gasteiger partial charge in [0.1, 0.15) is 0 Å². The second kappa shape index (κ2) is 7.73. The van der Waals surface area contributed by atoms with E-state index in [9.17, 15) is 10.2 Å². The van der Waals surface area contributed by atoms with Gasteiger partial charge in [-0.25, -0.2) is 0 Å². The normalized spacial score (nSPS) is 57.2. The van der Waals surface area contributed by atoms with E-state index < -0.39 is 0 Å². The average Bonchev–Trinajstić information content (AvgIpc) is 2.98. The molecule has 0 amide bonds. The fourth-order valence-electron chi connectivity index (χ4n) is 9.96. The zero-order valence-electron chi connectivity index (χ0n) is 19.9. The molecule has 1 heterocycles. The first-order valence-corrected chi connectivity index (χ1v) is 13.3. The number of piperidine rings is 1. The molecule has 0 aromatic heterocycles. The Bertz CT molecular complexity index is 630. The topological polar surface area (TPSA) is 52.5 Å². The number of nitrogens with one attached hydrogen (secondary N) is 1. The Morgan fingerprint density at radius 2 is 1.63 bits per heavy atom. The van der Waals surface area contributed by atoms with Crippen LogP contribution < -0.4 is 5.32 Å². The number of aliphatic hydroxyl groups excluding tert-OH is 2. The lowest BCUT2D eigenvalue weighted by Gasteiger charge is -2.61. The lowest BCUT2D eigenvalue weighted by Crippen LogP contribution is -2.55. The molecule has 5 fully saturated rings. The molecule has 0 aromatic rings. The van der Waals surface area contributed by atoms with Crippen LogP contribution in [-0.4, -0.2) is 35.0 Å². The molecular weight excluding hydrogens is 370 g/mol. The van der Waals surface area contributed by atoms with Crippen LogP contribution in [0.5, 0.6) is 0 Å². The van der Waals surface area contributed by atoms with E-state index in [1.165, 1.54) is 44.9 Å². The van der Waals surface area contributed by atoms with Gasteiger partial charge in [-0.1, -0.05) is 27.7 Å². The highest BCUT2D eigenvalue weighted by Crippen LogP contribution is 2.68. The van der Waals surface area contributed by atoms with Gasteiger partial charge in [-0.05, 0) is 123 Å². The molecule has 5 aliphatic rings. The van der Waals surface area contributed by atoms with Crippen LogP contribution >= 0.6 is 0 Å². The highest BCUT2D eigenvalue weighted by Gasteiger charge is 2.63. The minimum Gasteiger partial charge on any atom is -0.393 e. The Kier molecular flexibility index (Phi) is 5.60. The van der Waals surface area contributed by atoms with Crippen molar-refractivity contribution in [1.29, 1.82) is 0 Å². The van der Waals surface area contributed by atoms with Crippen molar-refractivity contribution in [2.75, 3.05) is 6.54 Å². The van der Waals surface area contributed by atoms with Gasteiger partial charge in [-0.3, -0.25) is 0 Å². The molecule has 0 radical (unpaired) electrons. The summed E-state index contributed by atoms with van der Waals surface area (Å²) >= 11 is 0. The van der Waals surface area contributed by atoms with Crippen molar-refractivity contribution in [2.45, 2.75) is 110 Å². The molecule has 4 aliphatic carbocycles. The Hall–Kier alpha value is -0.120. The van der Waals surface area contributed by atoms with Crippen LogP contribution in [0.2, 0.25) is 0 Å². The number of hydrogen-bond donors (Lipinski definition) is 3. The largest absolute Gasteiger partial charge is 0.393 e. The van der Waals surface area contributed by atoms with Crippen LogP contribution in [0.15, 0.2) is 0 Å². The van der Waals surface area contributed by atoms with Crippen molar-refractivity contribution >= 4 is 0 Å². The van der Waals surface area contributed by atoms with E-state index in [0.29, 0.717) is 34.6 Å². The Morgan fingerprint density at radius 1 is 0.867 bits per heavy atom. The Balaban J connectivity index is 1.37. The highest BCUT2D eigenvalue weighted by molar-refractivity contribution is 5.12. The highest BCUT2D eigenvalue weighted by atomic mass is 16.3. The molecule has 12 atom stereocenters. The summed E-state index contributed by atoms with van der Waals surface area (Å²) in [5.41, 5.74) is 0.737. The summed E-state index contributed by atoms with van der Waals surface area (Å²) in [7, 11) is 0. The number of fused-ring (bicyclic) bond motifs is 5. The second-order valence-corrected chi connectivity index (χ2v) is 13.0. The van der Waals surface area contributed by atoms with Gasteiger partial charge in [0.05, 0.1) is 12.2 Å². The number of aliphatic hydroxyl groups is 2. The van der Waals surface area contributed by atoms with Crippen LogP contribution in [0.1, 0.15) is 91.9 Å². The molecule has 172 valence electrons. The van der Waals surface area contributed by atoms with Crippen LogP contribution in [0.3, 0.4) is 0 Å². The lowest BCUT2D eigenvalue weighted by atomic mass is 9.44. The summed E-state index contributed by atoms with van der Waals surface area (Å²) < 4.78 is 0. The molecule has 3 nitrogen and oxygen atoms in total. The molecular formula is C27H47NO2. The molecule has 3 N–H and O–H groups in total. The zero-order chi connectivity index (χ0) is 21.3. The molecule has 1 saturated heterocycles. The van der Waals surface area contributed by atoms with Crippen molar-refractivity contribution in [1.82, 2.24) is 5.32 Å². The van der Waals surface area contributed by atoms with E-state index in [-0.39, 0.29) is 12.2 Å². The quantitative estimate of drug-likeness (QED) is 0.592. The summed E-state index contributed by atoms with van der Waals surface area (Å²) in [6, 6.07) is 0.585. The predicted octanol–water partition coefficient (Wildman–Crippen LogP) is 5.00. The third-order valence-electron chi connectivity index (χ3n) is 11.6. The molecule has 5 rings (SSSR count). The molecule has 0 spiro atoms. The number of rotatable bonds is 2. The van der Waals surface area contributed by atoms with Gasteiger partial charge in [-0.2, -0.15) is 0 Å². The van der Waals surface area contributed by atoms with Gasteiger partial charge in [0.15, 0.2) is 0 Å². The third-order valence-corrected chi connectivity index (χ3v) is 11.6.